The predicted molar refractivity (Wildman–Crippen MR) is 99.5 cm³/mol. The van der Waals surface area contributed by atoms with E-state index in [1.165, 1.54) is 4.68 Å². The fourth-order valence-electron chi connectivity index (χ4n) is 3.39. The number of carbonyl (C=O) groups is 2. The van der Waals surface area contributed by atoms with Gasteiger partial charge < -0.3 is 10.2 Å². The highest BCUT2D eigenvalue weighted by molar-refractivity contribution is 6.01. The Kier molecular flexibility index (Phi) is 4.45. The molecule has 0 radical (unpaired) electrons. The average molecular weight is 364 g/mol. The maximum Gasteiger partial charge on any atom is 0.272 e. The molecule has 1 fully saturated rings. The topological polar surface area (TPSA) is 85.0 Å². The zero-order chi connectivity index (χ0) is 18.8. The van der Waals surface area contributed by atoms with E-state index >= 15 is 0 Å². The predicted octanol–water partition coefficient (Wildman–Crippen LogP) is 1.85. The van der Waals surface area contributed by atoms with Gasteiger partial charge in [-0.2, -0.15) is 10.2 Å². The summed E-state index contributed by atoms with van der Waals surface area (Å²) in [4.78, 5) is 27.2. The zero-order valence-corrected chi connectivity index (χ0v) is 14.9. The molecule has 1 aromatic carbocycles. The lowest BCUT2D eigenvalue weighted by Gasteiger charge is -2.24. The van der Waals surface area contributed by atoms with Gasteiger partial charge in [0.1, 0.15) is 11.7 Å². The number of carbonyl (C=O) groups excluding carboxylic acids is 2. The highest BCUT2D eigenvalue weighted by atomic mass is 16.2. The second-order valence-corrected chi connectivity index (χ2v) is 6.49. The molecule has 1 N–H and O–H groups in total. The van der Waals surface area contributed by atoms with E-state index in [2.05, 4.69) is 15.5 Å². The molecule has 1 atom stereocenters. The number of rotatable bonds is 4. The molecule has 4 rings (SSSR count). The Morgan fingerprint density at radius 1 is 1.15 bits per heavy atom. The van der Waals surface area contributed by atoms with Crippen molar-refractivity contribution in [3.05, 3.63) is 60.7 Å². The van der Waals surface area contributed by atoms with Crippen LogP contribution < -0.4 is 5.32 Å². The summed E-state index contributed by atoms with van der Waals surface area (Å²) in [5.74, 6) is -0.349. The van der Waals surface area contributed by atoms with Crippen LogP contribution in [0, 0.1) is 0 Å². The number of likely N-dealkylation sites (tertiary alicyclic amines) is 1. The third-order valence-electron chi connectivity index (χ3n) is 4.74. The summed E-state index contributed by atoms with van der Waals surface area (Å²) in [5, 5.41) is 11.2. The maximum absolute atomic E-state index is 12.8. The van der Waals surface area contributed by atoms with Crippen LogP contribution in [0.4, 0.5) is 5.69 Å². The zero-order valence-electron chi connectivity index (χ0n) is 14.9. The summed E-state index contributed by atoms with van der Waals surface area (Å²) in [5.41, 5.74) is 2.01. The van der Waals surface area contributed by atoms with Crippen LogP contribution >= 0.6 is 0 Å². The van der Waals surface area contributed by atoms with Gasteiger partial charge in [0.15, 0.2) is 0 Å². The van der Waals surface area contributed by atoms with Crippen molar-refractivity contribution in [2.45, 2.75) is 18.9 Å². The van der Waals surface area contributed by atoms with Crippen LogP contribution in [0.25, 0.3) is 5.69 Å². The van der Waals surface area contributed by atoms with Crippen molar-refractivity contribution in [3.8, 4) is 5.69 Å². The smallest absolute Gasteiger partial charge is 0.272 e. The molecular weight excluding hydrogens is 344 g/mol. The normalized spacial score (nSPS) is 16.5. The number of nitrogens with zero attached hydrogens (tertiary/aromatic N) is 5. The lowest BCUT2D eigenvalue weighted by atomic mass is 10.2. The van der Waals surface area contributed by atoms with E-state index < -0.39 is 6.04 Å². The molecule has 0 saturated carbocycles. The van der Waals surface area contributed by atoms with Gasteiger partial charge in [-0.25, -0.2) is 4.68 Å². The quantitative estimate of drug-likeness (QED) is 0.766. The first-order valence-electron chi connectivity index (χ1n) is 8.83. The van der Waals surface area contributed by atoms with Gasteiger partial charge in [0, 0.05) is 37.9 Å². The number of aryl methyl sites for hydroxylation is 1. The van der Waals surface area contributed by atoms with Gasteiger partial charge in [-0.3, -0.25) is 14.3 Å². The average Bonchev–Trinajstić information content (AvgIpc) is 3.42. The van der Waals surface area contributed by atoms with Crippen molar-refractivity contribution in [1.29, 1.82) is 0 Å². The molecule has 0 aliphatic carbocycles. The van der Waals surface area contributed by atoms with Gasteiger partial charge in [-0.1, -0.05) is 6.07 Å². The van der Waals surface area contributed by atoms with Crippen LogP contribution in [0.5, 0.6) is 0 Å². The van der Waals surface area contributed by atoms with Gasteiger partial charge >= 0.3 is 0 Å². The van der Waals surface area contributed by atoms with Crippen molar-refractivity contribution in [2.24, 2.45) is 7.05 Å². The minimum absolute atomic E-state index is 0.169. The molecular formula is C19H20N6O2. The lowest BCUT2D eigenvalue weighted by molar-refractivity contribution is -0.119. The molecule has 0 spiro atoms. The maximum atomic E-state index is 12.8. The second-order valence-electron chi connectivity index (χ2n) is 6.49. The first-order chi connectivity index (χ1) is 13.1. The number of anilines is 1. The Bertz CT molecular complexity index is 962. The highest BCUT2D eigenvalue weighted by Gasteiger charge is 2.35. The summed E-state index contributed by atoms with van der Waals surface area (Å²) in [6, 6.07) is 10.5. The lowest BCUT2D eigenvalue weighted by Crippen LogP contribution is -2.43. The van der Waals surface area contributed by atoms with Gasteiger partial charge in [-0.15, -0.1) is 0 Å². The molecule has 138 valence electrons. The van der Waals surface area contributed by atoms with Crippen molar-refractivity contribution < 1.29 is 9.59 Å². The van der Waals surface area contributed by atoms with Crippen LogP contribution in [0.3, 0.4) is 0 Å². The Balaban J connectivity index is 1.50. The standard InChI is InChI=1S/C19H20N6O2/c1-23-17(8-10-20-23)19(27)24-11-3-7-16(24)18(26)22-14-5-2-6-15(13-14)25-12-4-9-21-25/h2,4-6,8-10,12-13,16H,3,7,11H2,1H3,(H,22,26)/t16-/m1/s1. The molecule has 2 amide bonds. The Labute approximate surface area is 156 Å². The Morgan fingerprint density at radius 2 is 2.04 bits per heavy atom. The molecule has 3 heterocycles. The third-order valence-corrected chi connectivity index (χ3v) is 4.74. The molecule has 1 aliphatic heterocycles. The van der Waals surface area contributed by atoms with Gasteiger partial charge in [0.25, 0.3) is 5.91 Å². The second kappa shape index (κ2) is 7.06. The number of aromatic nitrogens is 4. The monoisotopic (exact) mass is 364 g/mol. The summed E-state index contributed by atoms with van der Waals surface area (Å²) in [6.45, 7) is 0.565. The molecule has 1 saturated heterocycles. The van der Waals surface area contributed by atoms with Crippen molar-refractivity contribution in [1.82, 2.24) is 24.5 Å². The van der Waals surface area contributed by atoms with E-state index in [0.717, 1.165) is 12.1 Å². The van der Waals surface area contributed by atoms with Crippen LogP contribution in [-0.2, 0) is 11.8 Å². The van der Waals surface area contributed by atoms with E-state index in [-0.39, 0.29) is 11.8 Å². The number of hydrogen-bond acceptors (Lipinski definition) is 4. The van der Waals surface area contributed by atoms with Crippen molar-refractivity contribution >= 4 is 17.5 Å². The van der Waals surface area contributed by atoms with E-state index in [0.29, 0.717) is 24.3 Å². The van der Waals surface area contributed by atoms with Crippen molar-refractivity contribution in [3.63, 3.8) is 0 Å². The molecule has 2 aromatic heterocycles. The van der Waals surface area contributed by atoms with Gasteiger partial charge in [-0.05, 0) is 43.2 Å². The van der Waals surface area contributed by atoms with Gasteiger partial charge in [0.2, 0.25) is 5.91 Å². The summed E-state index contributed by atoms with van der Waals surface area (Å²) < 4.78 is 3.26. The molecule has 3 aromatic rings. The van der Waals surface area contributed by atoms with Crippen LogP contribution in [0.15, 0.2) is 55.0 Å². The summed E-state index contributed by atoms with van der Waals surface area (Å²) in [6.07, 6.45) is 6.57. The molecule has 0 bridgehead atoms. The van der Waals surface area contributed by atoms with Crippen molar-refractivity contribution in [2.75, 3.05) is 11.9 Å². The minimum Gasteiger partial charge on any atom is -0.325 e. The SMILES string of the molecule is Cn1nccc1C(=O)N1CCC[C@@H]1C(=O)Nc1cccc(-n2cccn2)c1. The molecule has 27 heavy (non-hydrogen) atoms. The fraction of sp³-hybridized carbons (Fsp3) is 0.263. The first kappa shape index (κ1) is 17.0. The first-order valence-corrected chi connectivity index (χ1v) is 8.83. The number of amides is 2. The molecule has 0 unspecified atom stereocenters. The Hall–Kier alpha value is -3.42. The number of hydrogen-bond donors (Lipinski definition) is 1. The van der Waals surface area contributed by atoms with E-state index in [1.807, 2.05) is 36.5 Å². The van der Waals surface area contributed by atoms with Crippen LogP contribution in [-0.4, -0.2) is 48.9 Å². The van der Waals surface area contributed by atoms with E-state index in [4.69, 9.17) is 0 Å². The largest absolute Gasteiger partial charge is 0.325 e. The van der Waals surface area contributed by atoms with Crippen LogP contribution in [0.2, 0.25) is 0 Å². The molecule has 1 aliphatic rings. The fourth-order valence-corrected chi connectivity index (χ4v) is 3.39. The van der Waals surface area contributed by atoms with E-state index in [9.17, 15) is 9.59 Å². The Morgan fingerprint density at radius 3 is 2.78 bits per heavy atom. The highest BCUT2D eigenvalue weighted by Crippen LogP contribution is 2.22. The summed E-state index contributed by atoms with van der Waals surface area (Å²) >= 11 is 0. The number of nitrogens with one attached hydrogen (secondary N) is 1. The molecule has 8 heteroatoms. The van der Waals surface area contributed by atoms with Gasteiger partial charge in [0.05, 0.1) is 5.69 Å². The number of benzene rings is 1. The third kappa shape index (κ3) is 3.33. The molecule has 8 nitrogen and oxygen atoms in total. The van der Waals surface area contributed by atoms with Crippen LogP contribution in [0.1, 0.15) is 23.3 Å². The summed E-state index contributed by atoms with van der Waals surface area (Å²) in [7, 11) is 1.72. The van der Waals surface area contributed by atoms with E-state index in [1.54, 1.807) is 35.1 Å². The minimum atomic E-state index is -0.485.